The summed E-state index contributed by atoms with van der Waals surface area (Å²) in [6, 6.07) is 15.3. The SMILES string of the molecule is CCC(C(=O)OC)n1c2ccccc2c2nc3ccccc3nc21. The summed E-state index contributed by atoms with van der Waals surface area (Å²) in [6.45, 7) is 1.97. The lowest BCUT2D eigenvalue weighted by molar-refractivity contribution is -0.144. The Hall–Kier alpha value is -2.95. The first-order valence-corrected chi connectivity index (χ1v) is 7.98. The summed E-state index contributed by atoms with van der Waals surface area (Å²) >= 11 is 0. The maximum atomic E-state index is 12.3. The molecule has 24 heavy (non-hydrogen) atoms. The number of esters is 1. The van der Waals surface area contributed by atoms with Crippen molar-refractivity contribution in [1.82, 2.24) is 14.5 Å². The van der Waals surface area contributed by atoms with Crippen LogP contribution in [0.2, 0.25) is 0 Å². The number of aromatic nitrogens is 3. The average molecular weight is 319 g/mol. The lowest BCUT2D eigenvalue weighted by atomic mass is 10.2. The molecule has 4 rings (SSSR count). The molecule has 5 heteroatoms. The van der Waals surface area contributed by atoms with E-state index in [1.807, 2.05) is 60.0 Å². The van der Waals surface area contributed by atoms with Crippen LogP contribution < -0.4 is 0 Å². The first-order valence-electron chi connectivity index (χ1n) is 7.98. The van der Waals surface area contributed by atoms with Crippen LogP contribution in [0.3, 0.4) is 0 Å². The Morgan fingerprint density at radius 1 is 1.08 bits per heavy atom. The largest absolute Gasteiger partial charge is 0.467 e. The minimum atomic E-state index is -0.423. The number of benzene rings is 2. The number of carbonyl (C=O) groups is 1. The summed E-state index contributed by atoms with van der Waals surface area (Å²) in [4.78, 5) is 21.9. The second kappa shape index (κ2) is 5.60. The minimum absolute atomic E-state index is 0.268. The molecule has 4 aromatic rings. The van der Waals surface area contributed by atoms with Crippen molar-refractivity contribution in [3.63, 3.8) is 0 Å². The van der Waals surface area contributed by atoms with Crippen LogP contribution in [0, 0.1) is 0 Å². The van der Waals surface area contributed by atoms with Crippen molar-refractivity contribution in [3.8, 4) is 0 Å². The first-order chi connectivity index (χ1) is 11.7. The van der Waals surface area contributed by atoms with Crippen LogP contribution in [0.25, 0.3) is 33.1 Å². The quantitative estimate of drug-likeness (QED) is 0.538. The fourth-order valence-electron chi connectivity index (χ4n) is 3.24. The second-order valence-corrected chi connectivity index (χ2v) is 5.72. The molecule has 0 N–H and O–H groups in total. The third-order valence-electron chi connectivity index (χ3n) is 4.37. The summed E-state index contributed by atoms with van der Waals surface area (Å²) in [5.41, 5.74) is 4.13. The molecule has 1 unspecified atom stereocenters. The van der Waals surface area contributed by atoms with E-state index in [1.54, 1.807) is 0 Å². The molecule has 0 radical (unpaired) electrons. The smallest absolute Gasteiger partial charge is 0.328 e. The summed E-state index contributed by atoms with van der Waals surface area (Å²) in [5, 5.41) is 0.994. The van der Waals surface area contributed by atoms with Gasteiger partial charge in [-0.15, -0.1) is 0 Å². The molecular weight excluding hydrogens is 302 g/mol. The van der Waals surface area contributed by atoms with Crippen LogP contribution >= 0.6 is 0 Å². The highest BCUT2D eigenvalue weighted by Gasteiger charge is 2.25. The third kappa shape index (κ3) is 2.05. The van der Waals surface area contributed by atoms with Gasteiger partial charge in [0.15, 0.2) is 5.65 Å². The molecule has 1 atom stereocenters. The number of rotatable bonds is 3. The van der Waals surface area contributed by atoms with Gasteiger partial charge in [0.05, 0.1) is 23.7 Å². The van der Waals surface area contributed by atoms with E-state index in [0.29, 0.717) is 12.1 Å². The number of hydrogen-bond donors (Lipinski definition) is 0. The van der Waals surface area contributed by atoms with Gasteiger partial charge in [0.1, 0.15) is 11.6 Å². The van der Waals surface area contributed by atoms with Crippen LogP contribution in [-0.2, 0) is 9.53 Å². The Balaban J connectivity index is 2.16. The van der Waals surface area contributed by atoms with Crippen molar-refractivity contribution in [2.24, 2.45) is 0 Å². The predicted octanol–water partition coefficient (Wildman–Crippen LogP) is 3.86. The summed E-state index contributed by atoms with van der Waals surface area (Å²) in [6.07, 6.45) is 0.620. The van der Waals surface area contributed by atoms with Crippen molar-refractivity contribution in [2.75, 3.05) is 7.11 Å². The van der Waals surface area contributed by atoms with Crippen molar-refractivity contribution >= 4 is 39.1 Å². The first kappa shape index (κ1) is 14.6. The normalized spacial score (nSPS) is 12.8. The average Bonchev–Trinajstić information content (AvgIpc) is 2.94. The van der Waals surface area contributed by atoms with E-state index >= 15 is 0 Å². The van der Waals surface area contributed by atoms with Gasteiger partial charge in [0.25, 0.3) is 0 Å². The van der Waals surface area contributed by atoms with Gasteiger partial charge in [-0.1, -0.05) is 37.3 Å². The highest BCUT2D eigenvalue weighted by molar-refractivity contribution is 6.07. The number of nitrogens with zero attached hydrogens (tertiary/aromatic N) is 3. The fraction of sp³-hybridized carbons (Fsp3) is 0.211. The van der Waals surface area contributed by atoms with Gasteiger partial charge in [-0.05, 0) is 24.6 Å². The highest BCUT2D eigenvalue weighted by atomic mass is 16.5. The molecule has 2 aromatic carbocycles. The van der Waals surface area contributed by atoms with E-state index in [4.69, 9.17) is 14.7 Å². The number of ether oxygens (including phenoxy) is 1. The van der Waals surface area contributed by atoms with Gasteiger partial charge < -0.3 is 9.30 Å². The Morgan fingerprint density at radius 3 is 2.46 bits per heavy atom. The zero-order valence-electron chi connectivity index (χ0n) is 13.6. The van der Waals surface area contributed by atoms with Gasteiger partial charge in [-0.25, -0.2) is 14.8 Å². The number of methoxy groups -OCH3 is 1. The van der Waals surface area contributed by atoms with E-state index in [2.05, 4.69) is 0 Å². The van der Waals surface area contributed by atoms with E-state index < -0.39 is 6.04 Å². The van der Waals surface area contributed by atoms with Crippen LogP contribution in [0.5, 0.6) is 0 Å². The monoisotopic (exact) mass is 319 g/mol. The number of para-hydroxylation sites is 3. The fourth-order valence-corrected chi connectivity index (χ4v) is 3.24. The standard InChI is InChI=1S/C19H17N3O2/c1-3-15(19(23)24-2)22-16-11-7-4-8-12(16)17-18(22)21-14-10-6-5-9-13(14)20-17/h4-11,15H,3H2,1-2H3. The summed E-state index contributed by atoms with van der Waals surface area (Å²) < 4.78 is 6.96. The molecule has 2 heterocycles. The van der Waals surface area contributed by atoms with Gasteiger partial charge in [-0.2, -0.15) is 0 Å². The molecule has 0 bridgehead atoms. The highest BCUT2D eigenvalue weighted by Crippen LogP contribution is 2.32. The molecule has 0 aliphatic heterocycles. The maximum absolute atomic E-state index is 12.3. The molecule has 0 fully saturated rings. The zero-order chi connectivity index (χ0) is 16.7. The minimum Gasteiger partial charge on any atom is -0.467 e. The predicted molar refractivity (Wildman–Crippen MR) is 93.9 cm³/mol. The van der Waals surface area contributed by atoms with Gasteiger partial charge in [-0.3, -0.25) is 0 Å². The number of hydrogen-bond acceptors (Lipinski definition) is 4. The van der Waals surface area contributed by atoms with Crippen LogP contribution in [0.1, 0.15) is 19.4 Å². The Labute approximate surface area is 138 Å². The van der Waals surface area contributed by atoms with Crippen LogP contribution in [0.15, 0.2) is 48.5 Å². The van der Waals surface area contributed by atoms with Crippen molar-refractivity contribution in [3.05, 3.63) is 48.5 Å². The Morgan fingerprint density at radius 2 is 1.75 bits per heavy atom. The molecule has 2 aromatic heterocycles. The second-order valence-electron chi connectivity index (χ2n) is 5.72. The molecule has 0 amide bonds. The Kier molecular flexibility index (Phi) is 3.41. The molecule has 0 saturated heterocycles. The van der Waals surface area contributed by atoms with E-state index in [0.717, 1.165) is 27.5 Å². The zero-order valence-corrected chi connectivity index (χ0v) is 13.6. The third-order valence-corrected chi connectivity index (χ3v) is 4.37. The van der Waals surface area contributed by atoms with Crippen molar-refractivity contribution < 1.29 is 9.53 Å². The molecule has 0 aliphatic carbocycles. The number of fused-ring (bicyclic) bond motifs is 4. The molecule has 0 aliphatic rings. The molecule has 5 nitrogen and oxygen atoms in total. The lowest BCUT2D eigenvalue weighted by Gasteiger charge is -2.16. The van der Waals surface area contributed by atoms with Gasteiger partial charge in [0, 0.05) is 5.39 Å². The molecule has 0 spiro atoms. The van der Waals surface area contributed by atoms with Crippen LogP contribution in [0.4, 0.5) is 0 Å². The maximum Gasteiger partial charge on any atom is 0.328 e. The summed E-state index contributed by atoms with van der Waals surface area (Å²) in [5.74, 6) is -0.268. The topological polar surface area (TPSA) is 57.0 Å². The van der Waals surface area contributed by atoms with Gasteiger partial charge in [0.2, 0.25) is 0 Å². The van der Waals surface area contributed by atoms with Crippen molar-refractivity contribution in [1.29, 1.82) is 0 Å². The lowest BCUT2D eigenvalue weighted by Crippen LogP contribution is -2.20. The van der Waals surface area contributed by atoms with E-state index in [9.17, 15) is 4.79 Å². The summed E-state index contributed by atoms with van der Waals surface area (Å²) in [7, 11) is 1.42. The van der Waals surface area contributed by atoms with E-state index in [-0.39, 0.29) is 5.97 Å². The number of carbonyl (C=O) groups excluding carboxylic acids is 1. The van der Waals surface area contributed by atoms with Crippen LogP contribution in [-0.4, -0.2) is 27.6 Å². The Bertz CT molecular complexity index is 1070. The molecule has 0 saturated carbocycles. The molecular formula is C19H17N3O2. The van der Waals surface area contributed by atoms with E-state index in [1.165, 1.54) is 7.11 Å². The van der Waals surface area contributed by atoms with Crippen molar-refractivity contribution in [2.45, 2.75) is 19.4 Å². The van der Waals surface area contributed by atoms with Gasteiger partial charge >= 0.3 is 5.97 Å². The molecule has 120 valence electrons.